The molecule has 0 saturated carbocycles. The van der Waals surface area contributed by atoms with Crippen LogP contribution in [0.25, 0.3) is 0 Å². The first-order valence-corrected chi connectivity index (χ1v) is 8.69. The van der Waals surface area contributed by atoms with E-state index in [1.165, 1.54) is 12.2 Å². The van der Waals surface area contributed by atoms with Crippen LogP contribution in [0, 0.1) is 0 Å². The maximum Gasteiger partial charge on any atom is 0.253 e. The number of rotatable bonds is 11. The van der Waals surface area contributed by atoms with E-state index < -0.39 is 5.54 Å². The summed E-state index contributed by atoms with van der Waals surface area (Å²) < 4.78 is 5.92. The van der Waals surface area contributed by atoms with E-state index in [1.54, 1.807) is 0 Å². The molecule has 25 heavy (non-hydrogen) atoms. The maximum atomic E-state index is 12.1. The highest BCUT2D eigenvalue weighted by Gasteiger charge is 2.26. The van der Waals surface area contributed by atoms with Crippen LogP contribution in [0.1, 0.15) is 47.0 Å². The fourth-order valence-electron chi connectivity index (χ4n) is 2.45. The molecule has 0 aromatic carbocycles. The molecule has 0 aromatic rings. The van der Waals surface area contributed by atoms with Gasteiger partial charge in [-0.3, -0.25) is 19.3 Å². The van der Waals surface area contributed by atoms with Gasteiger partial charge in [0.1, 0.15) is 0 Å². The number of nitrogens with zero attached hydrogens (tertiary/aromatic N) is 1. The average molecular weight is 353 g/mol. The lowest BCUT2D eigenvalue weighted by Gasteiger charge is -2.30. The summed E-state index contributed by atoms with van der Waals surface area (Å²) in [5.74, 6) is -0.921. The minimum absolute atomic E-state index is 0.0944. The van der Waals surface area contributed by atoms with Crippen LogP contribution < -0.4 is 10.6 Å². The zero-order valence-corrected chi connectivity index (χ0v) is 16.0. The van der Waals surface area contributed by atoms with Crippen molar-refractivity contribution < 1.29 is 19.1 Å². The fourth-order valence-corrected chi connectivity index (χ4v) is 2.45. The molecule has 1 aliphatic rings. The summed E-state index contributed by atoms with van der Waals surface area (Å²) in [6.07, 6.45) is 4.11. The van der Waals surface area contributed by atoms with Crippen LogP contribution in [0.3, 0.4) is 0 Å². The zero-order valence-electron chi connectivity index (χ0n) is 16.0. The van der Waals surface area contributed by atoms with Crippen LogP contribution in [0.4, 0.5) is 0 Å². The number of nitrogens with one attached hydrogen (secondary N) is 2. The van der Waals surface area contributed by atoms with Crippen LogP contribution in [-0.4, -0.2) is 60.5 Å². The van der Waals surface area contributed by atoms with Gasteiger partial charge in [0.05, 0.1) is 5.60 Å². The van der Waals surface area contributed by atoms with E-state index >= 15 is 0 Å². The van der Waals surface area contributed by atoms with Crippen molar-refractivity contribution in [3.63, 3.8) is 0 Å². The van der Waals surface area contributed by atoms with E-state index in [1.807, 2.05) is 34.7 Å². The number of carbonyl (C=O) groups is 3. The average Bonchev–Trinajstić information content (AvgIpc) is 2.81. The van der Waals surface area contributed by atoms with Crippen LogP contribution in [0.5, 0.6) is 0 Å². The molecular formula is C18H31N3O4. The van der Waals surface area contributed by atoms with Crippen molar-refractivity contribution in [3.05, 3.63) is 12.2 Å². The summed E-state index contributed by atoms with van der Waals surface area (Å²) in [6.45, 7) is 9.49. The molecule has 2 N–H and O–H groups in total. The highest BCUT2D eigenvalue weighted by molar-refractivity contribution is 6.13. The zero-order chi connectivity index (χ0) is 19.1. The molecule has 0 atom stereocenters. The molecule has 1 rings (SSSR count). The van der Waals surface area contributed by atoms with Crippen LogP contribution in [-0.2, 0) is 19.1 Å². The Morgan fingerprint density at radius 3 is 2.28 bits per heavy atom. The smallest absolute Gasteiger partial charge is 0.253 e. The number of hydrogen-bond acceptors (Lipinski definition) is 5. The quantitative estimate of drug-likeness (QED) is 0.541. The van der Waals surface area contributed by atoms with Crippen molar-refractivity contribution in [2.75, 3.05) is 26.7 Å². The Morgan fingerprint density at radius 1 is 1.12 bits per heavy atom. The molecule has 1 aliphatic heterocycles. The highest BCUT2D eigenvalue weighted by Crippen LogP contribution is 2.17. The summed E-state index contributed by atoms with van der Waals surface area (Å²) in [7, 11) is 1.91. The molecule has 7 nitrogen and oxygen atoms in total. The third-order valence-corrected chi connectivity index (χ3v) is 4.14. The Morgan fingerprint density at radius 2 is 1.72 bits per heavy atom. The van der Waals surface area contributed by atoms with Gasteiger partial charge in [-0.15, -0.1) is 0 Å². The Kier molecular flexibility index (Phi) is 7.76. The van der Waals surface area contributed by atoms with Gasteiger partial charge in [0.25, 0.3) is 11.8 Å². The number of amides is 3. The van der Waals surface area contributed by atoms with Gasteiger partial charge < -0.3 is 15.4 Å². The molecule has 0 fully saturated rings. The molecule has 0 aliphatic carbocycles. The van der Waals surface area contributed by atoms with E-state index in [0.717, 1.165) is 17.9 Å². The molecule has 3 amide bonds. The van der Waals surface area contributed by atoms with Crippen molar-refractivity contribution in [2.24, 2.45) is 0 Å². The molecule has 0 spiro atoms. The second-order valence-electron chi connectivity index (χ2n) is 7.56. The van der Waals surface area contributed by atoms with Crippen LogP contribution in [0.2, 0.25) is 0 Å². The van der Waals surface area contributed by atoms with Crippen molar-refractivity contribution in [2.45, 2.75) is 58.1 Å². The Hall–Kier alpha value is -1.73. The largest absolute Gasteiger partial charge is 0.375 e. The van der Waals surface area contributed by atoms with Gasteiger partial charge in [0.2, 0.25) is 5.91 Å². The summed E-state index contributed by atoms with van der Waals surface area (Å²) in [6, 6.07) is 0. The Balaban J connectivity index is 2.32. The van der Waals surface area contributed by atoms with Gasteiger partial charge in [0, 0.05) is 37.3 Å². The van der Waals surface area contributed by atoms with Crippen LogP contribution >= 0.6 is 0 Å². The van der Waals surface area contributed by atoms with E-state index in [4.69, 9.17) is 4.74 Å². The molecule has 0 saturated heterocycles. The van der Waals surface area contributed by atoms with Gasteiger partial charge in [-0.05, 0) is 54.1 Å². The van der Waals surface area contributed by atoms with Crippen LogP contribution in [0.15, 0.2) is 12.2 Å². The van der Waals surface area contributed by atoms with Crippen molar-refractivity contribution in [1.82, 2.24) is 15.5 Å². The summed E-state index contributed by atoms with van der Waals surface area (Å²) >= 11 is 0. The first-order chi connectivity index (χ1) is 11.6. The standard InChI is InChI=1S/C18H31N3O4/c1-17(2,10-13-25-18(3,4)9-11-19-5)20-14(22)8-12-21-15(23)6-7-16(21)24/h6-7,19H,8-13H2,1-5H3,(H,20,22). The lowest BCUT2D eigenvalue weighted by Crippen LogP contribution is -2.46. The maximum absolute atomic E-state index is 12.1. The summed E-state index contributed by atoms with van der Waals surface area (Å²) in [5.41, 5.74) is -0.639. The summed E-state index contributed by atoms with van der Waals surface area (Å²) in [4.78, 5) is 36.1. The van der Waals surface area contributed by atoms with Crippen molar-refractivity contribution in [1.29, 1.82) is 0 Å². The van der Waals surface area contributed by atoms with E-state index in [2.05, 4.69) is 10.6 Å². The second-order valence-corrected chi connectivity index (χ2v) is 7.56. The third kappa shape index (κ3) is 7.79. The number of hydrogen-bond donors (Lipinski definition) is 2. The van der Waals surface area contributed by atoms with Crippen molar-refractivity contribution in [3.8, 4) is 0 Å². The molecule has 142 valence electrons. The molecular weight excluding hydrogens is 322 g/mol. The second kappa shape index (κ2) is 9.10. The Bertz CT molecular complexity index is 508. The van der Waals surface area contributed by atoms with E-state index in [0.29, 0.717) is 13.0 Å². The van der Waals surface area contributed by atoms with E-state index in [-0.39, 0.29) is 36.3 Å². The SMILES string of the molecule is CNCCC(C)(C)OCCC(C)(C)NC(=O)CCN1C(=O)C=CC1=O. The van der Waals surface area contributed by atoms with Crippen molar-refractivity contribution >= 4 is 17.7 Å². The lowest BCUT2D eigenvalue weighted by atomic mass is 10.00. The van der Waals surface area contributed by atoms with Gasteiger partial charge in [-0.25, -0.2) is 0 Å². The molecule has 0 radical (unpaired) electrons. The monoisotopic (exact) mass is 353 g/mol. The fraction of sp³-hybridized carbons (Fsp3) is 0.722. The molecule has 1 heterocycles. The first-order valence-electron chi connectivity index (χ1n) is 8.69. The van der Waals surface area contributed by atoms with Gasteiger partial charge in [-0.1, -0.05) is 0 Å². The van der Waals surface area contributed by atoms with Gasteiger partial charge in [0.15, 0.2) is 0 Å². The molecule has 7 heteroatoms. The Labute approximate surface area is 150 Å². The molecule has 0 bridgehead atoms. The third-order valence-electron chi connectivity index (χ3n) is 4.14. The lowest BCUT2D eigenvalue weighted by molar-refractivity contribution is -0.137. The topological polar surface area (TPSA) is 87.7 Å². The number of carbonyl (C=O) groups excluding carboxylic acids is 3. The minimum Gasteiger partial charge on any atom is -0.375 e. The van der Waals surface area contributed by atoms with Gasteiger partial charge >= 0.3 is 0 Å². The summed E-state index contributed by atoms with van der Waals surface area (Å²) in [5, 5.41) is 6.04. The normalized spacial score (nSPS) is 15.2. The molecule has 0 unspecified atom stereocenters. The highest BCUT2D eigenvalue weighted by atomic mass is 16.5. The minimum atomic E-state index is -0.423. The molecule has 0 aromatic heterocycles. The predicted octanol–water partition coefficient (Wildman–Crippen LogP) is 0.991. The van der Waals surface area contributed by atoms with E-state index in [9.17, 15) is 14.4 Å². The number of ether oxygens (including phenoxy) is 1. The number of imide groups is 1. The first kappa shape index (κ1) is 21.3. The van der Waals surface area contributed by atoms with Gasteiger partial charge in [-0.2, -0.15) is 0 Å². The predicted molar refractivity (Wildman–Crippen MR) is 95.9 cm³/mol.